The van der Waals surface area contributed by atoms with Gasteiger partial charge >= 0.3 is 167 Å². The van der Waals surface area contributed by atoms with Crippen LogP contribution in [0.1, 0.15) is 31.5 Å². The van der Waals surface area contributed by atoms with Crippen LogP contribution in [0.2, 0.25) is 0 Å². The molecule has 0 amide bonds. The van der Waals surface area contributed by atoms with Crippen LogP contribution in [0.5, 0.6) is 0 Å². The Morgan fingerprint density at radius 2 is 0.630 bits per heavy atom. The maximum absolute atomic E-state index is 2.35. The zero-order valence-corrected chi connectivity index (χ0v) is 16.2. The third-order valence-corrected chi connectivity index (χ3v) is 8.57. The first-order valence-electron chi connectivity index (χ1n) is 9.48. The van der Waals surface area contributed by atoms with Gasteiger partial charge in [-0.15, -0.1) is 0 Å². The first-order chi connectivity index (χ1) is 13.4. The molecule has 2 aliphatic rings. The number of benzene rings is 4. The molecule has 0 aromatic heterocycles. The van der Waals surface area contributed by atoms with Crippen molar-refractivity contribution in [1.29, 1.82) is 0 Å². The van der Waals surface area contributed by atoms with Crippen LogP contribution in [0, 0.1) is 0 Å². The van der Waals surface area contributed by atoms with Gasteiger partial charge in [0.15, 0.2) is 0 Å². The van der Waals surface area contributed by atoms with Crippen LogP contribution in [-0.4, -0.2) is 0 Å². The molecule has 127 valence electrons. The summed E-state index contributed by atoms with van der Waals surface area (Å²) in [4.78, 5) is 0. The van der Waals surface area contributed by atoms with Crippen LogP contribution < -0.4 is 0 Å². The molecule has 0 spiro atoms. The van der Waals surface area contributed by atoms with Crippen LogP contribution in [0.4, 0.5) is 0 Å². The number of fused-ring (bicyclic) bond motifs is 6. The van der Waals surface area contributed by atoms with E-state index in [1.165, 1.54) is 44.5 Å². The van der Waals surface area contributed by atoms with Crippen molar-refractivity contribution >= 4 is 0 Å². The van der Waals surface area contributed by atoms with Crippen LogP contribution in [0.15, 0.2) is 97.1 Å². The van der Waals surface area contributed by atoms with E-state index in [4.69, 9.17) is 0 Å². The standard InChI is InChI=1S/2C13H9.V/c2*1-3-7-12-10(5-1)9-11-6-2-4-8-13(11)12;/h2*1-9H;. The Bertz CT molecular complexity index is 990. The quantitative estimate of drug-likeness (QED) is 0.367. The Morgan fingerprint density at radius 1 is 0.370 bits per heavy atom. The molecule has 0 radical (unpaired) electrons. The van der Waals surface area contributed by atoms with Gasteiger partial charge in [0.25, 0.3) is 0 Å². The van der Waals surface area contributed by atoms with Crippen molar-refractivity contribution in [3.63, 3.8) is 0 Å². The Hall–Kier alpha value is -2.54. The van der Waals surface area contributed by atoms with E-state index in [9.17, 15) is 0 Å². The summed E-state index contributed by atoms with van der Waals surface area (Å²) in [6.07, 6.45) is 0. The second-order valence-electron chi connectivity index (χ2n) is 7.30. The summed E-state index contributed by atoms with van der Waals surface area (Å²) in [6, 6.07) is 36.1. The molecule has 27 heavy (non-hydrogen) atoms. The molecule has 0 saturated heterocycles. The topological polar surface area (TPSA) is 0 Å². The maximum atomic E-state index is 2.35. The molecule has 4 aromatic rings. The summed E-state index contributed by atoms with van der Waals surface area (Å²) in [5, 5.41) is 0. The van der Waals surface area contributed by atoms with Gasteiger partial charge in [0.05, 0.1) is 0 Å². The minimum atomic E-state index is 0.0487. The predicted molar refractivity (Wildman–Crippen MR) is 107 cm³/mol. The van der Waals surface area contributed by atoms with Crippen LogP contribution in [0.25, 0.3) is 22.3 Å². The van der Waals surface area contributed by atoms with Gasteiger partial charge in [0, 0.05) is 0 Å². The fraction of sp³-hybridized carbons (Fsp3) is 0.0769. The summed E-state index contributed by atoms with van der Waals surface area (Å²) >= 11 is 0.0487. The Labute approximate surface area is 166 Å². The zero-order valence-electron chi connectivity index (χ0n) is 14.8. The average molecular weight is 381 g/mol. The van der Waals surface area contributed by atoms with Crippen molar-refractivity contribution in [3.8, 4) is 22.3 Å². The molecule has 6 rings (SSSR count). The Kier molecular flexibility index (Phi) is 3.44. The second kappa shape index (κ2) is 5.99. The Morgan fingerprint density at radius 3 is 0.926 bits per heavy atom. The number of hydrogen-bond acceptors (Lipinski definition) is 0. The van der Waals surface area contributed by atoms with Crippen LogP contribution in [-0.2, 0) is 16.3 Å². The van der Waals surface area contributed by atoms with Crippen molar-refractivity contribution in [2.24, 2.45) is 0 Å². The molecule has 0 unspecified atom stereocenters. The molecule has 0 bridgehead atoms. The molecule has 0 aliphatic heterocycles. The third kappa shape index (κ3) is 2.24. The van der Waals surface area contributed by atoms with Gasteiger partial charge in [-0.05, 0) is 0 Å². The van der Waals surface area contributed by atoms with Crippen molar-refractivity contribution in [2.45, 2.75) is 9.26 Å². The van der Waals surface area contributed by atoms with Gasteiger partial charge in [-0.25, -0.2) is 0 Å². The summed E-state index contributed by atoms with van der Waals surface area (Å²) in [6.45, 7) is 0. The Balaban J connectivity index is 1.51. The van der Waals surface area contributed by atoms with E-state index < -0.39 is 0 Å². The van der Waals surface area contributed by atoms with Gasteiger partial charge in [0.2, 0.25) is 0 Å². The van der Waals surface area contributed by atoms with Gasteiger partial charge in [-0.1, -0.05) is 0 Å². The summed E-state index contributed by atoms with van der Waals surface area (Å²) in [5.74, 6) is 0. The van der Waals surface area contributed by atoms with E-state index in [2.05, 4.69) is 97.1 Å². The SMILES string of the molecule is c1ccc2c(c1)-c1ccccc1[CH]2[V][CH]1c2ccccc2-c2ccccc21. The van der Waals surface area contributed by atoms with Gasteiger partial charge < -0.3 is 0 Å². The third-order valence-electron chi connectivity index (χ3n) is 5.90. The first kappa shape index (κ1) is 15.5. The van der Waals surface area contributed by atoms with E-state index >= 15 is 0 Å². The van der Waals surface area contributed by atoms with Gasteiger partial charge in [-0.3, -0.25) is 0 Å². The molecule has 1 heteroatoms. The van der Waals surface area contributed by atoms with E-state index in [0.717, 1.165) is 0 Å². The van der Waals surface area contributed by atoms with E-state index in [1.54, 1.807) is 0 Å². The molecule has 0 heterocycles. The van der Waals surface area contributed by atoms with E-state index in [1.807, 2.05) is 0 Å². The number of hydrogen-bond donors (Lipinski definition) is 0. The fourth-order valence-electron chi connectivity index (χ4n) is 4.73. The molecule has 0 atom stereocenters. The molecular weight excluding hydrogens is 363 g/mol. The normalized spacial score (nSPS) is 14.4. The zero-order chi connectivity index (χ0) is 17.8. The molecular formula is C26H18V. The molecule has 2 aliphatic carbocycles. The summed E-state index contributed by atoms with van der Waals surface area (Å²) in [7, 11) is 0. The van der Waals surface area contributed by atoms with Crippen molar-refractivity contribution < 1.29 is 16.3 Å². The molecule has 0 nitrogen and oxygen atoms in total. The summed E-state index contributed by atoms with van der Waals surface area (Å²) < 4.78 is 1.11. The average Bonchev–Trinajstić information content (AvgIpc) is 3.23. The van der Waals surface area contributed by atoms with Gasteiger partial charge in [0.1, 0.15) is 0 Å². The predicted octanol–water partition coefficient (Wildman–Crippen LogP) is 6.61. The first-order valence-corrected chi connectivity index (χ1v) is 11.1. The van der Waals surface area contributed by atoms with Gasteiger partial charge in [-0.2, -0.15) is 0 Å². The van der Waals surface area contributed by atoms with Crippen LogP contribution >= 0.6 is 0 Å². The van der Waals surface area contributed by atoms with Crippen molar-refractivity contribution in [1.82, 2.24) is 0 Å². The van der Waals surface area contributed by atoms with Crippen LogP contribution in [0.3, 0.4) is 0 Å². The molecule has 0 N–H and O–H groups in total. The molecule has 4 aromatic carbocycles. The number of rotatable bonds is 2. The van der Waals surface area contributed by atoms with E-state index in [0.29, 0.717) is 9.26 Å². The summed E-state index contributed by atoms with van der Waals surface area (Å²) in [5.41, 5.74) is 11.9. The van der Waals surface area contributed by atoms with Crippen molar-refractivity contribution in [2.75, 3.05) is 0 Å². The molecule has 0 fully saturated rings. The van der Waals surface area contributed by atoms with E-state index in [-0.39, 0.29) is 16.3 Å². The second-order valence-corrected chi connectivity index (χ2v) is 9.38. The van der Waals surface area contributed by atoms with Crippen molar-refractivity contribution in [3.05, 3.63) is 119 Å². The minimum absolute atomic E-state index is 0.0487. The molecule has 0 saturated carbocycles. The monoisotopic (exact) mass is 381 g/mol. The fourth-order valence-corrected chi connectivity index (χ4v) is 7.60.